The summed E-state index contributed by atoms with van der Waals surface area (Å²) >= 11 is 2.11. The number of rotatable bonds is 11. The summed E-state index contributed by atoms with van der Waals surface area (Å²) in [7, 11) is 0. The Labute approximate surface area is 239 Å². The monoisotopic (exact) mass is 583 g/mol. The molecule has 0 saturated carbocycles. The molecule has 210 valence electrons. The first-order valence-electron chi connectivity index (χ1n) is 12.5. The molecule has 3 aromatic rings. The van der Waals surface area contributed by atoms with Crippen LogP contribution in [0.5, 0.6) is 11.5 Å². The topological polar surface area (TPSA) is 128 Å². The fourth-order valence-electron chi connectivity index (χ4n) is 4.33. The third kappa shape index (κ3) is 5.36. The van der Waals surface area contributed by atoms with E-state index in [9.17, 15) is 19.5 Å². The molecule has 1 N–H and O–H groups in total. The average molecular weight is 584 g/mol. The van der Waals surface area contributed by atoms with Crippen LogP contribution in [0.1, 0.15) is 61.2 Å². The molecule has 40 heavy (non-hydrogen) atoms. The zero-order valence-corrected chi connectivity index (χ0v) is 24.4. The van der Waals surface area contributed by atoms with Crippen LogP contribution in [0, 0.1) is 20.8 Å². The van der Waals surface area contributed by atoms with E-state index in [0.29, 0.717) is 51.5 Å². The number of carbonyl (C=O) groups is 3. The maximum Gasteiger partial charge on any atom is 0.350 e. The van der Waals surface area contributed by atoms with Gasteiger partial charge in [0.2, 0.25) is 5.78 Å². The number of aliphatic hydroxyl groups excluding tert-OH is 1. The number of ketones is 1. The van der Waals surface area contributed by atoms with Gasteiger partial charge in [0.05, 0.1) is 46.1 Å². The Morgan fingerprint density at radius 1 is 1.05 bits per heavy atom. The van der Waals surface area contributed by atoms with E-state index in [1.165, 1.54) is 22.3 Å². The molecule has 0 radical (unpaired) electrons. The fourth-order valence-corrected chi connectivity index (χ4v) is 6.19. The number of Topliss-reactive ketones (excluding diaryl/α,β-unsaturated/α-hetero) is 1. The predicted octanol–water partition coefficient (Wildman–Crippen LogP) is 5.45. The van der Waals surface area contributed by atoms with Gasteiger partial charge in [-0.15, -0.1) is 11.3 Å². The number of thiazole rings is 2. The van der Waals surface area contributed by atoms with Crippen LogP contribution in [-0.2, 0) is 9.53 Å². The number of carbonyl (C=O) groups excluding carboxylic acids is 3. The van der Waals surface area contributed by atoms with Gasteiger partial charge in [-0.25, -0.2) is 14.8 Å². The summed E-state index contributed by atoms with van der Waals surface area (Å²) in [6.45, 7) is 13.1. The molecular weight excluding hydrogens is 554 g/mol. The molecule has 2 aromatic heterocycles. The van der Waals surface area contributed by atoms with E-state index in [1.807, 2.05) is 13.8 Å². The molecule has 0 spiro atoms. The summed E-state index contributed by atoms with van der Waals surface area (Å²) in [5.74, 6) is -1.74. The van der Waals surface area contributed by atoms with Crippen LogP contribution in [0.25, 0.3) is 0 Å². The van der Waals surface area contributed by atoms with Gasteiger partial charge in [-0.3, -0.25) is 14.5 Å². The van der Waals surface area contributed by atoms with Gasteiger partial charge in [-0.2, -0.15) is 0 Å². The molecule has 4 rings (SSSR count). The highest BCUT2D eigenvalue weighted by Crippen LogP contribution is 2.46. The summed E-state index contributed by atoms with van der Waals surface area (Å²) in [5.41, 5.74) is 1.20. The number of benzene rings is 1. The highest BCUT2D eigenvalue weighted by atomic mass is 32.1. The minimum absolute atomic E-state index is 0.0117. The summed E-state index contributed by atoms with van der Waals surface area (Å²) in [4.78, 5) is 50.6. The summed E-state index contributed by atoms with van der Waals surface area (Å²) < 4.78 is 16.7. The third-order valence-electron chi connectivity index (χ3n) is 5.95. The Kier molecular flexibility index (Phi) is 8.70. The molecule has 0 bridgehead atoms. The van der Waals surface area contributed by atoms with Crippen molar-refractivity contribution in [1.82, 2.24) is 9.97 Å². The van der Waals surface area contributed by atoms with Crippen molar-refractivity contribution >= 4 is 45.5 Å². The first-order chi connectivity index (χ1) is 19.1. The van der Waals surface area contributed by atoms with Crippen LogP contribution in [0.2, 0.25) is 0 Å². The van der Waals surface area contributed by atoms with Crippen LogP contribution in [-0.4, -0.2) is 52.6 Å². The van der Waals surface area contributed by atoms with Crippen molar-refractivity contribution in [2.45, 2.75) is 40.7 Å². The van der Waals surface area contributed by atoms with Crippen LogP contribution < -0.4 is 14.4 Å². The van der Waals surface area contributed by atoms with E-state index in [2.05, 4.69) is 16.5 Å². The molecular formula is C28H29N3O7S2. The lowest BCUT2D eigenvalue weighted by Crippen LogP contribution is -2.31. The number of amides is 1. The maximum absolute atomic E-state index is 13.9. The molecule has 3 heterocycles. The van der Waals surface area contributed by atoms with E-state index in [1.54, 1.807) is 39.0 Å². The molecule has 0 aliphatic carbocycles. The number of nitrogens with zero attached hydrogens (tertiary/aromatic N) is 3. The number of aryl methyl sites for hydroxylation is 3. The van der Waals surface area contributed by atoms with Crippen LogP contribution in [0.3, 0.4) is 0 Å². The van der Waals surface area contributed by atoms with Gasteiger partial charge in [0.15, 0.2) is 22.4 Å². The van der Waals surface area contributed by atoms with Crippen molar-refractivity contribution in [3.63, 3.8) is 0 Å². The summed E-state index contributed by atoms with van der Waals surface area (Å²) in [5, 5.41) is 11.9. The number of anilines is 1. The molecule has 0 fully saturated rings. The van der Waals surface area contributed by atoms with Crippen molar-refractivity contribution < 1.29 is 33.7 Å². The molecule has 1 aliphatic heterocycles. The maximum atomic E-state index is 13.9. The van der Waals surface area contributed by atoms with E-state index in [0.717, 1.165) is 11.3 Å². The number of hydrogen-bond donors (Lipinski definition) is 1. The van der Waals surface area contributed by atoms with Crippen molar-refractivity contribution in [3.05, 3.63) is 73.9 Å². The molecule has 1 unspecified atom stereocenters. The summed E-state index contributed by atoms with van der Waals surface area (Å²) in [6, 6.07) is 4.00. The second-order valence-electron chi connectivity index (χ2n) is 8.69. The van der Waals surface area contributed by atoms with E-state index in [4.69, 9.17) is 14.2 Å². The summed E-state index contributed by atoms with van der Waals surface area (Å²) in [6.07, 6.45) is 1.44. The van der Waals surface area contributed by atoms with Crippen molar-refractivity contribution in [2.24, 2.45) is 0 Å². The first-order valence-corrected chi connectivity index (χ1v) is 14.2. The van der Waals surface area contributed by atoms with Gasteiger partial charge < -0.3 is 19.3 Å². The Morgan fingerprint density at radius 3 is 2.35 bits per heavy atom. The van der Waals surface area contributed by atoms with Crippen LogP contribution >= 0.6 is 22.7 Å². The third-order valence-corrected chi connectivity index (χ3v) is 8.16. The van der Waals surface area contributed by atoms with Crippen LogP contribution in [0.15, 0.2) is 42.2 Å². The minimum atomic E-state index is -1.07. The fraction of sp³-hybridized carbons (Fsp3) is 0.321. The second kappa shape index (κ2) is 12.0. The average Bonchev–Trinajstić information content (AvgIpc) is 3.55. The molecule has 1 atom stereocenters. The van der Waals surface area contributed by atoms with E-state index >= 15 is 0 Å². The number of ether oxygens (including phenoxy) is 3. The quantitative estimate of drug-likeness (QED) is 0.178. The molecule has 12 heteroatoms. The SMILES string of the molecule is C=CCOC(=O)c1sc(N2C(=O)C(O)=C(C(=O)c3sc(C)nc3C)C2c2ccc(OCC)c(OCC)c2)nc1C. The van der Waals surface area contributed by atoms with Crippen LogP contribution in [0.4, 0.5) is 5.13 Å². The largest absolute Gasteiger partial charge is 0.503 e. The van der Waals surface area contributed by atoms with Crippen molar-refractivity contribution in [2.75, 3.05) is 24.7 Å². The number of esters is 1. The Balaban J connectivity index is 1.89. The highest BCUT2D eigenvalue weighted by Gasteiger charge is 2.47. The normalized spacial score (nSPS) is 15.0. The minimum Gasteiger partial charge on any atom is -0.503 e. The van der Waals surface area contributed by atoms with Gasteiger partial charge in [-0.05, 0) is 52.3 Å². The number of aromatic nitrogens is 2. The highest BCUT2D eigenvalue weighted by molar-refractivity contribution is 7.17. The molecule has 10 nitrogen and oxygen atoms in total. The lowest BCUT2D eigenvalue weighted by Gasteiger charge is -2.25. The zero-order chi connectivity index (χ0) is 29.1. The van der Waals surface area contributed by atoms with Crippen molar-refractivity contribution in [1.29, 1.82) is 0 Å². The predicted molar refractivity (Wildman–Crippen MR) is 152 cm³/mol. The van der Waals surface area contributed by atoms with Gasteiger partial charge in [-0.1, -0.05) is 30.1 Å². The first kappa shape index (κ1) is 29.0. The molecule has 1 aliphatic rings. The van der Waals surface area contributed by atoms with E-state index < -0.39 is 29.5 Å². The lowest BCUT2D eigenvalue weighted by molar-refractivity contribution is -0.117. The molecule has 1 amide bonds. The smallest absolute Gasteiger partial charge is 0.350 e. The van der Waals surface area contributed by atoms with Gasteiger partial charge in [0.25, 0.3) is 5.91 Å². The second-order valence-corrected chi connectivity index (χ2v) is 10.9. The number of aliphatic hydroxyl groups is 1. The Hall–Kier alpha value is -4.03. The molecule has 0 saturated heterocycles. The van der Waals surface area contributed by atoms with E-state index in [-0.39, 0.29) is 22.2 Å². The molecule has 1 aromatic carbocycles. The standard InChI is InChI=1S/C28H29N3O7S2/c1-7-12-38-27(35)25-15(5)30-28(40-25)31-21(17-10-11-18(36-8-2)19(13-17)37-9-3)20(23(33)26(31)34)22(32)24-14(4)29-16(6)39-24/h7,10-11,13,21,33H,1,8-9,12H2,2-6H3. The Morgan fingerprint density at radius 2 is 1.73 bits per heavy atom. The Bertz CT molecular complexity index is 1520. The zero-order valence-electron chi connectivity index (χ0n) is 22.8. The lowest BCUT2D eigenvalue weighted by atomic mass is 9.95. The van der Waals surface area contributed by atoms with Gasteiger partial charge in [0.1, 0.15) is 11.5 Å². The van der Waals surface area contributed by atoms with Gasteiger partial charge in [0, 0.05) is 0 Å². The van der Waals surface area contributed by atoms with Gasteiger partial charge >= 0.3 is 5.97 Å². The van der Waals surface area contributed by atoms with Crippen molar-refractivity contribution in [3.8, 4) is 11.5 Å². The number of hydrogen-bond acceptors (Lipinski definition) is 11.